The monoisotopic (exact) mass is 346 g/mol. The van der Waals surface area contributed by atoms with E-state index in [0.29, 0.717) is 17.8 Å². The summed E-state index contributed by atoms with van der Waals surface area (Å²) in [6.45, 7) is -0.463. The summed E-state index contributed by atoms with van der Waals surface area (Å²) in [7, 11) is 0. The van der Waals surface area contributed by atoms with Gasteiger partial charge in [0.1, 0.15) is 0 Å². The molecule has 7 heteroatoms. The van der Waals surface area contributed by atoms with Crippen molar-refractivity contribution in [2.75, 3.05) is 19.6 Å². The zero-order valence-corrected chi connectivity index (χ0v) is 13.7. The number of aliphatic hydroxyl groups is 1. The molecule has 2 N–H and O–H groups in total. The second-order valence-corrected chi connectivity index (χ2v) is 8.74. The molecule has 1 aliphatic heterocycles. The average Bonchev–Trinajstić information content (AvgIpc) is 2.78. The van der Waals surface area contributed by atoms with Gasteiger partial charge in [0.25, 0.3) is 0 Å². The van der Waals surface area contributed by atoms with Crippen LogP contribution in [0, 0.1) is 17.8 Å². The predicted molar refractivity (Wildman–Crippen MR) is 81.1 cm³/mol. The van der Waals surface area contributed by atoms with E-state index in [1.54, 1.807) is 0 Å². The summed E-state index contributed by atoms with van der Waals surface area (Å²) in [5.74, 6) is 1.93. The summed E-state index contributed by atoms with van der Waals surface area (Å²) in [6.07, 6.45) is 1.91. The first-order valence-corrected chi connectivity index (χ1v) is 8.99. The number of hydrogen-bond acceptors (Lipinski definition) is 3. The smallest absolute Gasteiger partial charge is 0.379 e. The van der Waals surface area contributed by atoms with E-state index in [0.717, 1.165) is 19.3 Å². The maximum Gasteiger partial charge on any atom is 0.418 e. The molecule has 5 aliphatic rings. The van der Waals surface area contributed by atoms with Crippen LogP contribution in [-0.2, 0) is 4.79 Å². The maximum atomic E-state index is 12.9. The molecule has 0 spiro atoms. The molecular weight excluding hydrogens is 321 g/mol. The van der Waals surface area contributed by atoms with Crippen LogP contribution in [-0.4, -0.2) is 52.9 Å². The van der Waals surface area contributed by atoms with Crippen molar-refractivity contribution in [3.8, 4) is 0 Å². The van der Waals surface area contributed by atoms with Crippen molar-refractivity contribution in [1.82, 2.24) is 10.2 Å². The quantitative estimate of drug-likeness (QED) is 0.823. The molecule has 4 aliphatic carbocycles. The van der Waals surface area contributed by atoms with E-state index in [-0.39, 0.29) is 31.0 Å². The summed E-state index contributed by atoms with van der Waals surface area (Å²) in [4.78, 5) is 13.8. The van der Waals surface area contributed by atoms with Crippen LogP contribution in [0.2, 0.25) is 0 Å². The van der Waals surface area contributed by atoms with Gasteiger partial charge < -0.3 is 10.4 Å². The Morgan fingerprint density at radius 1 is 1.12 bits per heavy atom. The van der Waals surface area contributed by atoms with Crippen LogP contribution in [0.1, 0.15) is 44.9 Å². The fraction of sp³-hybridized carbons (Fsp3) is 0.941. The Hall–Kier alpha value is -0.820. The summed E-state index contributed by atoms with van der Waals surface area (Å²) in [5, 5.41) is 12.9. The van der Waals surface area contributed by atoms with E-state index in [2.05, 4.69) is 5.32 Å². The lowest BCUT2D eigenvalue weighted by Crippen LogP contribution is -2.61. The van der Waals surface area contributed by atoms with Crippen LogP contribution in [0.15, 0.2) is 0 Å². The molecule has 136 valence electrons. The first-order chi connectivity index (χ1) is 11.2. The summed E-state index contributed by atoms with van der Waals surface area (Å²) in [6, 6.07) is 0. The van der Waals surface area contributed by atoms with Crippen molar-refractivity contribution < 1.29 is 23.1 Å². The average molecular weight is 346 g/mol. The number of amides is 1. The Balaban J connectivity index is 1.35. The zero-order chi connectivity index (χ0) is 17.2. The standard InChI is InChI=1S/C17H25F3N2O2/c18-17(19,20)16(24)1-2-22(10-16)9-14(23)21-15-6-11-3-12(7-15)5-13(4-11)8-15/h11-13,24H,1-10H2,(H,21,23). The number of nitrogens with zero attached hydrogens (tertiary/aromatic N) is 1. The highest BCUT2D eigenvalue weighted by Gasteiger charge is 2.57. The van der Waals surface area contributed by atoms with Gasteiger partial charge in [-0.15, -0.1) is 0 Å². The van der Waals surface area contributed by atoms with E-state index in [4.69, 9.17) is 0 Å². The Morgan fingerprint density at radius 2 is 1.67 bits per heavy atom. The Kier molecular flexibility index (Phi) is 3.70. The van der Waals surface area contributed by atoms with Crippen molar-refractivity contribution in [3.05, 3.63) is 0 Å². The molecule has 4 saturated carbocycles. The fourth-order valence-electron chi connectivity index (χ4n) is 6.04. The molecule has 4 nitrogen and oxygen atoms in total. The molecule has 0 aromatic carbocycles. The number of β-amino-alcohol motifs (C(OH)–C–C–N with tert-alkyl or cyclic N) is 1. The van der Waals surface area contributed by atoms with E-state index in [1.807, 2.05) is 0 Å². The van der Waals surface area contributed by atoms with Crippen molar-refractivity contribution >= 4 is 5.91 Å². The third-order valence-electron chi connectivity index (χ3n) is 6.66. The largest absolute Gasteiger partial charge is 0.418 e. The predicted octanol–water partition coefficient (Wildman–Crippen LogP) is 2.07. The van der Waals surface area contributed by atoms with Crippen LogP contribution in [0.4, 0.5) is 13.2 Å². The third kappa shape index (κ3) is 2.83. The van der Waals surface area contributed by atoms with Crippen molar-refractivity contribution in [2.24, 2.45) is 17.8 Å². The van der Waals surface area contributed by atoms with E-state index < -0.39 is 18.3 Å². The van der Waals surface area contributed by atoms with Crippen molar-refractivity contribution in [3.63, 3.8) is 0 Å². The van der Waals surface area contributed by atoms with Crippen LogP contribution < -0.4 is 5.32 Å². The second-order valence-electron chi connectivity index (χ2n) is 8.74. The number of rotatable bonds is 3. The van der Waals surface area contributed by atoms with Gasteiger partial charge in [-0.3, -0.25) is 9.69 Å². The Morgan fingerprint density at radius 3 is 2.12 bits per heavy atom. The van der Waals surface area contributed by atoms with Gasteiger partial charge in [-0.05, 0) is 62.7 Å². The van der Waals surface area contributed by atoms with Gasteiger partial charge in [0, 0.05) is 18.6 Å². The summed E-state index contributed by atoms with van der Waals surface area (Å²) >= 11 is 0. The third-order valence-corrected chi connectivity index (χ3v) is 6.66. The molecule has 1 amide bonds. The van der Waals surface area contributed by atoms with E-state index >= 15 is 0 Å². The minimum absolute atomic E-state index is 0.0554. The fourth-order valence-corrected chi connectivity index (χ4v) is 6.04. The van der Waals surface area contributed by atoms with Gasteiger partial charge in [0.2, 0.25) is 5.91 Å². The van der Waals surface area contributed by atoms with E-state index in [1.165, 1.54) is 24.2 Å². The molecule has 1 saturated heterocycles. The normalized spacial score (nSPS) is 44.9. The number of halogens is 3. The molecule has 1 atom stereocenters. The zero-order valence-electron chi connectivity index (χ0n) is 13.7. The Bertz CT molecular complexity index is 501. The van der Waals surface area contributed by atoms with Crippen LogP contribution in [0.3, 0.4) is 0 Å². The molecule has 0 aromatic rings. The van der Waals surface area contributed by atoms with Crippen LogP contribution in [0.5, 0.6) is 0 Å². The Labute approximate surface area is 139 Å². The second kappa shape index (κ2) is 5.34. The molecule has 0 radical (unpaired) electrons. The highest BCUT2D eigenvalue weighted by Crippen LogP contribution is 2.55. The SMILES string of the molecule is O=C(CN1CCC(O)(C(F)(F)F)C1)NC12CC3CC(CC(C3)C1)C2. The minimum atomic E-state index is -4.64. The number of carbonyl (C=O) groups is 1. The van der Waals surface area contributed by atoms with Crippen LogP contribution >= 0.6 is 0 Å². The van der Waals surface area contributed by atoms with Crippen molar-refractivity contribution in [2.45, 2.75) is 62.3 Å². The highest BCUT2D eigenvalue weighted by atomic mass is 19.4. The lowest BCUT2D eigenvalue weighted by molar-refractivity contribution is -0.253. The van der Waals surface area contributed by atoms with Gasteiger partial charge >= 0.3 is 6.18 Å². The number of alkyl halides is 3. The minimum Gasteiger partial charge on any atom is -0.379 e. The van der Waals surface area contributed by atoms with E-state index in [9.17, 15) is 23.1 Å². The number of likely N-dealkylation sites (tertiary alicyclic amines) is 1. The van der Waals surface area contributed by atoms with Gasteiger partial charge in [-0.25, -0.2) is 0 Å². The van der Waals surface area contributed by atoms with Crippen LogP contribution in [0.25, 0.3) is 0 Å². The van der Waals surface area contributed by atoms with Gasteiger partial charge in [0.05, 0.1) is 6.54 Å². The van der Waals surface area contributed by atoms with Crippen molar-refractivity contribution in [1.29, 1.82) is 0 Å². The molecule has 0 aromatic heterocycles. The first kappa shape index (κ1) is 16.6. The lowest BCUT2D eigenvalue weighted by Gasteiger charge is -2.57. The molecule has 5 fully saturated rings. The summed E-state index contributed by atoms with van der Waals surface area (Å²) < 4.78 is 38.6. The van der Waals surface area contributed by atoms with Gasteiger partial charge in [0.15, 0.2) is 5.60 Å². The lowest BCUT2D eigenvalue weighted by atomic mass is 9.53. The topological polar surface area (TPSA) is 52.6 Å². The molecule has 4 bridgehead atoms. The first-order valence-electron chi connectivity index (χ1n) is 8.99. The maximum absolute atomic E-state index is 12.9. The molecule has 5 rings (SSSR count). The van der Waals surface area contributed by atoms with Gasteiger partial charge in [-0.1, -0.05) is 0 Å². The molecule has 24 heavy (non-hydrogen) atoms. The summed E-state index contributed by atoms with van der Waals surface area (Å²) in [5.41, 5.74) is -2.79. The highest BCUT2D eigenvalue weighted by molar-refractivity contribution is 5.79. The molecule has 1 unspecified atom stereocenters. The molecule has 1 heterocycles. The van der Waals surface area contributed by atoms with Gasteiger partial charge in [-0.2, -0.15) is 13.2 Å². The number of carbonyl (C=O) groups excluding carboxylic acids is 1. The number of nitrogens with one attached hydrogen (secondary N) is 1. The number of hydrogen-bond donors (Lipinski definition) is 2. The molecular formula is C17H25F3N2O2.